The summed E-state index contributed by atoms with van der Waals surface area (Å²) in [5.41, 5.74) is 1.21. The molecule has 1 heterocycles. The van der Waals surface area contributed by atoms with E-state index in [1.165, 1.54) is 16.3 Å². The largest absolute Gasteiger partial charge is 0.377 e. The third-order valence-electron chi connectivity index (χ3n) is 3.36. The Balaban J connectivity index is 2.43. The number of aromatic nitrogens is 1. The van der Waals surface area contributed by atoms with Crippen molar-refractivity contribution in [3.8, 4) is 0 Å². The van der Waals surface area contributed by atoms with Crippen molar-refractivity contribution in [1.29, 1.82) is 0 Å². The van der Waals surface area contributed by atoms with E-state index in [0.29, 0.717) is 0 Å². The van der Waals surface area contributed by atoms with Gasteiger partial charge in [-0.1, -0.05) is 31.2 Å². The molecule has 0 spiro atoms. The number of ether oxygens (including phenoxy) is 1. The third-order valence-corrected chi connectivity index (χ3v) is 3.36. The van der Waals surface area contributed by atoms with E-state index >= 15 is 0 Å². The molecule has 0 bridgehead atoms. The second kappa shape index (κ2) is 6.64. The number of nitrogens with zero attached hydrogens (tertiary/aromatic N) is 1. The van der Waals surface area contributed by atoms with Crippen LogP contribution in [0.2, 0.25) is 0 Å². The van der Waals surface area contributed by atoms with E-state index in [2.05, 4.69) is 42.3 Å². The Bertz CT molecular complexity index is 522. The molecule has 3 heteroatoms. The van der Waals surface area contributed by atoms with E-state index in [1.54, 1.807) is 0 Å². The Hall–Kier alpha value is -1.45. The number of likely N-dealkylation sites (N-methyl/N-ethyl adjacent to an activating group) is 1. The van der Waals surface area contributed by atoms with Crippen LogP contribution in [0.5, 0.6) is 0 Å². The first kappa shape index (κ1) is 14.0. The molecule has 0 aliphatic carbocycles. The number of nitrogens with one attached hydrogen (secondary N) is 1. The molecule has 0 aliphatic heterocycles. The molecule has 0 radical (unpaired) electrons. The lowest BCUT2D eigenvalue weighted by molar-refractivity contribution is 0.0479. The zero-order chi connectivity index (χ0) is 13.7. The van der Waals surface area contributed by atoms with Gasteiger partial charge in [0.25, 0.3) is 0 Å². The van der Waals surface area contributed by atoms with Gasteiger partial charge in [-0.15, -0.1) is 0 Å². The van der Waals surface area contributed by atoms with E-state index in [9.17, 15) is 0 Å². The first-order chi connectivity index (χ1) is 9.27. The van der Waals surface area contributed by atoms with E-state index < -0.39 is 0 Å². The van der Waals surface area contributed by atoms with Crippen LogP contribution in [0.3, 0.4) is 0 Å². The van der Waals surface area contributed by atoms with Crippen LogP contribution in [0.25, 0.3) is 10.8 Å². The molecule has 0 aliphatic rings. The number of benzene rings is 1. The van der Waals surface area contributed by atoms with Crippen LogP contribution >= 0.6 is 0 Å². The van der Waals surface area contributed by atoms with Gasteiger partial charge in [0, 0.05) is 24.4 Å². The lowest BCUT2D eigenvalue weighted by atomic mass is 9.98. The summed E-state index contributed by atoms with van der Waals surface area (Å²) in [5, 5.41) is 5.93. The van der Waals surface area contributed by atoms with Gasteiger partial charge in [-0.2, -0.15) is 0 Å². The number of pyridine rings is 1. The Morgan fingerprint density at radius 1 is 1.21 bits per heavy atom. The molecule has 3 nitrogen and oxygen atoms in total. The summed E-state index contributed by atoms with van der Waals surface area (Å²) in [6, 6.07) is 8.53. The predicted octanol–water partition coefficient (Wildman–Crippen LogP) is 3.31. The van der Waals surface area contributed by atoms with Crippen LogP contribution in [0.15, 0.2) is 36.7 Å². The fourth-order valence-corrected chi connectivity index (χ4v) is 2.50. The Kier molecular flexibility index (Phi) is 4.88. The minimum absolute atomic E-state index is 0.123. The van der Waals surface area contributed by atoms with Gasteiger partial charge in [-0.3, -0.25) is 4.98 Å². The van der Waals surface area contributed by atoms with Crippen molar-refractivity contribution in [2.75, 3.05) is 13.2 Å². The van der Waals surface area contributed by atoms with Gasteiger partial charge in [0.15, 0.2) is 0 Å². The van der Waals surface area contributed by atoms with Crippen molar-refractivity contribution in [1.82, 2.24) is 10.3 Å². The topological polar surface area (TPSA) is 34.2 Å². The highest BCUT2D eigenvalue weighted by molar-refractivity contribution is 5.85. The summed E-state index contributed by atoms with van der Waals surface area (Å²) in [6.45, 7) is 7.89. The van der Waals surface area contributed by atoms with Crippen LogP contribution in [0.1, 0.15) is 32.4 Å². The summed E-state index contributed by atoms with van der Waals surface area (Å²) in [7, 11) is 0. The molecule has 1 N–H and O–H groups in total. The molecule has 0 saturated heterocycles. The van der Waals surface area contributed by atoms with E-state index in [4.69, 9.17) is 4.74 Å². The molecular formula is C16H22N2O. The molecule has 2 unspecified atom stereocenters. The molecule has 2 atom stereocenters. The van der Waals surface area contributed by atoms with Gasteiger partial charge in [-0.25, -0.2) is 0 Å². The molecule has 2 aromatic rings. The van der Waals surface area contributed by atoms with Crippen LogP contribution in [0.4, 0.5) is 0 Å². The van der Waals surface area contributed by atoms with Crippen LogP contribution < -0.4 is 5.32 Å². The number of rotatable bonds is 6. The average Bonchev–Trinajstić information content (AvgIpc) is 2.44. The molecule has 1 aromatic carbocycles. The molecular weight excluding hydrogens is 236 g/mol. The molecule has 1 aromatic heterocycles. The van der Waals surface area contributed by atoms with Gasteiger partial charge in [0.2, 0.25) is 0 Å². The van der Waals surface area contributed by atoms with Crippen molar-refractivity contribution in [3.63, 3.8) is 0 Å². The summed E-state index contributed by atoms with van der Waals surface area (Å²) in [6.07, 6.45) is 3.98. The summed E-state index contributed by atoms with van der Waals surface area (Å²) >= 11 is 0. The smallest absolute Gasteiger partial charge is 0.0742 e. The van der Waals surface area contributed by atoms with Crippen LogP contribution in [-0.2, 0) is 4.74 Å². The summed E-state index contributed by atoms with van der Waals surface area (Å²) in [4.78, 5) is 4.36. The maximum absolute atomic E-state index is 5.77. The highest BCUT2D eigenvalue weighted by atomic mass is 16.5. The molecule has 0 saturated carbocycles. The van der Waals surface area contributed by atoms with Gasteiger partial charge in [-0.05, 0) is 31.3 Å². The lowest BCUT2D eigenvalue weighted by Gasteiger charge is -2.26. The molecule has 0 fully saturated rings. The molecule has 0 amide bonds. The first-order valence-electron chi connectivity index (χ1n) is 6.95. The second-order valence-electron chi connectivity index (χ2n) is 4.65. The predicted molar refractivity (Wildman–Crippen MR) is 79.2 cm³/mol. The summed E-state index contributed by atoms with van der Waals surface area (Å²) < 4.78 is 5.77. The zero-order valence-corrected chi connectivity index (χ0v) is 11.9. The van der Waals surface area contributed by atoms with Crippen molar-refractivity contribution in [2.24, 2.45) is 0 Å². The fraction of sp³-hybridized carbons (Fsp3) is 0.438. The zero-order valence-electron chi connectivity index (χ0n) is 11.9. The van der Waals surface area contributed by atoms with Crippen LogP contribution in [-0.4, -0.2) is 24.2 Å². The maximum atomic E-state index is 5.77. The van der Waals surface area contributed by atoms with Crippen molar-refractivity contribution in [2.45, 2.75) is 32.9 Å². The van der Waals surface area contributed by atoms with Crippen molar-refractivity contribution in [3.05, 3.63) is 42.2 Å². The van der Waals surface area contributed by atoms with E-state index in [-0.39, 0.29) is 12.1 Å². The standard InChI is InChI=1S/C16H22N2O/c1-4-18-16(12(3)19-5-2)15-11-17-10-13-8-6-7-9-14(13)15/h6-12,16,18H,4-5H2,1-3H3. The molecule has 102 valence electrons. The Morgan fingerprint density at radius 2 is 2.00 bits per heavy atom. The van der Waals surface area contributed by atoms with E-state index in [1.807, 2.05) is 25.4 Å². The number of hydrogen-bond donors (Lipinski definition) is 1. The highest BCUT2D eigenvalue weighted by Gasteiger charge is 2.20. The second-order valence-corrected chi connectivity index (χ2v) is 4.65. The normalized spacial score (nSPS) is 14.5. The SMILES string of the molecule is CCNC(c1cncc2ccccc12)C(C)OCC. The van der Waals surface area contributed by atoms with E-state index in [0.717, 1.165) is 13.2 Å². The highest BCUT2D eigenvalue weighted by Crippen LogP contribution is 2.26. The molecule has 19 heavy (non-hydrogen) atoms. The maximum Gasteiger partial charge on any atom is 0.0742 e. The Morgan fingerprint density at radius 3 is 2.74 bits per heavy atom. The minimum Gasteiger partial charge on any atom is -0.377 e. The van der Waals surface area contributed by atoms with Crippen molar-refractivity contribution >= 4 is 10.8 Å². The van der Waals surface area contributed by atoms with Gasteiger partial charge in [0.05, 0.1) is 12.1 Å². The van der Waals surface area contributed by atoms with Gasteiger partial charge in [0.1, 0.15) is 0 Å². The van der Waals surface area contributed by atoms with Gasteiger partial charge < -0.3 is 10.1 Å². The number of hydrogen-bond acceptors (Lipinski definition) is 3. The fourth-order valence-electron chi connectivity index (χ4n) is 2.50. The molecule has 2 rings (SSSR count). The Labute approximate surface area is 115 Å². The lowest BCUT2D eigenvalue weighted by Crippen LogP contribution is -2.32. The quantitative estimate of drug-likeness (QED) is 0.863. The summed E-state index contributed by atoms with van der Waals surface area (Å²) in [5.74, 6) is 0. The minimum atomic E-state index is 0.123. The average molecular weight is 258 g/mol. The number of fused-ring (bicyclic) bond motifs is 1. The van der Waals surface area contributed by atoms with Crippen LogP contribution in [0, 0.1) is 0 Å². The monoisotopic (exact) mass is 258 g/mol. The third kappa shape index (κ3) is 3.11. The van der Waals surface area contributed by atoms with Crippen molar-refractivity contribution < 1.29 is 4.74 Å². The first-order valence-corrected chi connectivity index (χ1v) is 6.95. The van der Waals surface area contributed by atoms with Gasteiger partial charge >= 0.3 is 0 Å².